The molecule has 0 unspecified atom stereocenters. The molecule has 0 aliphatic carbocycles. The molecule has 30 valence electrons. The molecule has 0 aromatic carbocycles. The molecule has 0 aromatic heterocycles. The average molecular weight is 96.2 g/mol. The molecule has 6 heavy (non-hydrogen) atoms. The highest BCUT2D eigenvalue weighted by Crippen LogP contribution is 2.01. The second-order valence-corrected chi connectivity index (χ2v) is 1.83. The maximum Gasteiger partial charge on any atom is 0.0592 e. The Hall–Kier alpha value is -0.350. The number of allylic oxidation sites excluding steroid dienone is 1. The van der Waals surface area contributed by atoms with E-state index in [-0.39, 0.29) is 0 Å². The van der Waals surface area contributed by atoms with Gasteiger partial charge in [0.25, 0.3) is 0 Å². The normalized spacial score (nSPS) is 16.0. The number of hydrogen-bond donors (Lipinski definition) is 0. The molecule has 1 heteroatoms. The third kappa shape index (κ3) is 0.803. The van der Waals surface area contributed by atoms with Crippen LogP contribution in [0.25, 0.3) is 0 Å². The zero-order valence-electron chi connectivity index (χ0n) is 3.27. The van der Waals surface area contributed by atoms with Crippen LogP contribution in [0.15, 0.2) is 11.5 Å². The standard InChI is InChI=1S/C5H4S/c1-2-4-6-5-3-1/h2,4H,5H2. The van der Waals surface area contributed by atoms with Gasteiger partial charge >= 0.3 is 0 Å². The molecule has 1 aliphatic rings. The Balaban J connectivity index is 2.58. The molecule has 0 saturated heterocycles. The molecule has 0 radical (unpaired) electrons. The molecule has 1 rings (SSSR count). The van der Waals surface area contributed by atoms with Gasteiger partial charge in [-0.05, 0) is 11.5 Å². The van der Waals surface area contributed by atoms with Gasteiger partial charge in [-0.2, -0.15) is 0 Å². The molecule has 0 aromatic rings. The summed E-state index contributed by atoms with van der Waals surface area (Å²) in [7, 11) is 0. The van der Waals surface area contributed by atoms with E-state index in [0.717, 1.165) is 5.75 Å². The number of hydrogen-bond acceptors (Lipinski definition) is 1. The van der Waals surface area contributed by atoms with Crippen molar-refractivity contribution >= 4 is 11.8 Å². The number of rotatable bonds is 0. The minimum Gasteiger partial charge on any atom is -0.120 e. The molecular weight excluding hydrogens is 92.1 g/mol. The van der Waals surface area contributed by atoms with Crippen molar-refractivity contribution < 1.29 is 0 Å². The van der Waals surface area contributed by atoms with E-state index in [2.05, 4.69) is 11.8 Å². The van der Waals surface area contributed by atoms with Crippen molar-refractivity contribution in [1.29, 1.82) is 0 Å². The van der Waals surface area contributed by atoms with E-state index in [1.807, 2.05) is 11.5 Å². The molecule has 0 atom stereocenters. The summed E-state index contributed by atoms with van der Waals surface area (Å²) in [6.45, 7) is 0. The zero-order valence-corrected chi connectivity index (χ0v) is 4.09. The minimum atomic E-state index is 0.969. The van der Waals surface area contributed by atoms with E-state index in [1.54, 1.807) is 11.8 Å². The molecule has 0 saturated carbocycles. The second-order valence-electron chi connectivity index (χ2n) is 0.935. The first-order valence-corrected chi connectivity index (χ1v) is 2.80. The van der Waals surface area contributed by atoms with Crippen LogP contribution in [0.2, 0.25) is 0 Å². The van der Waals surface area contributed by atoms with E-state index in [4.69, 9.17) is 0 Å². The monoisotopic (exact) mass is 96.0 g/mol. The third-order valence-electron chi connectivity index (χ3n) is 0.505. The maximum atomic E-state index is 2.91. The predicted molar refractivity (Wildman–Crippen MR) is 29.4 cm³/mol. The van der Waals surface area contributed by atoms with Crippen molar-refractivity contribution in [3.8, 4) is 11.8 Å². The lowest BCUT2D eigenvalue weighted by Gasteiger charge is -1.83. The Morgan fingerprint density at radius 3 is 2.83 bits per heavy atom. The van der Waals surface area contributed by atoms with Crippen molar-refractivity contribution in [3.05, 3.63) is 11.5 Å². The van der Waals surface area contributed by atoms with Crippen LogP contribution in [-0.2, 0) is 0 Å². The smallest absolute Gasteiger partial charge is 0.0592 e. The fourth-order valence-corrected chi connectivity index (χ4v) is 0.700. The molecule has 0 N–H and O–H groups in total. The molecule has 0 amide bonds. The summed E-state index contributed by atoms with van der Waals surface area (Å²) in [5.74, 6) is 6.71. The largest absolute Gasteiger partial charge is 0.120 e. The van der Waals surface area contributed by atoms with Gasteiger partial charge in [-0.1, -0.05) is 11.8 Å². The van der Waals surface area contributed by atoms with Gasteiger partial charge in [-0.15, -0.1) is 11.8 Å². The maximum absolute atomic E-state index is 2.91. The van der Waals surface area contributed by atoms with Crippen LogP contribution >= 0.6 is 11.8 Å². The van der Waals surface area contributed by atoms with Crippen LogP contribution in [0.5, 0.6) is 0 Å². The highest BCUT2D eigenvalue weighted by molar-refractivity contribution is 8.02. The molecular formula is C5H4S. The Morgan fingerprint density at radius 2 is 2.67 bits per heavy atom. The lowest BCUT2D eigenvalue weighted by molar-refractivity contribution is 1.91. The Kier molecular flexibility index (Phi) is 1.24. The minimum absolute atomic E-state index is 0.969. The summed E-state index contributed by atoms with van der Waals surface area (Å²) < 4.78 is 0. The summed E-state index contributed by atoms with van der Waals surface area (Å²) in [6.07, 6.45) is 1.87. The van der Waals surface area contributed by atoms with Gasteiger partial charge < -0.3 is 0 Å². The zero-order chi connectivity index (χ0) is 4.24. The van der Waals surface area contributed by atoms with Gasteiger partial charge in [0, 0.05) is 0 Å². The highest BCUT2D eigenvalue weighted by Gasteiger charge is 1.76. The van der Waals surface area contributed by atoms with Crippen molar-refractivity contribution in [3.63, 3.8) is 0 Å². The Bertz CT molecular complexity index is 114. The fourth-order valence-electron chi connectivity index (χ4n) is 0.273. The molecule has 0 nitrogen and oxygen atoms in total. The van der Waals surface area contributed by atoms with Crippen LogP contribution in [0, 0.1) is 11.8 Å². The van der Waals surface area contributed by atoms with Gasteiger partial charge in [0.15, 0.2) is 0 Å². The Morgan fingerprint density at radius 1 is 1.67 bits per heavy atom. The topological polar surface area (TPSA) is 0 Å². The SMILES string of the molecule is C1#CCSC=C1. The highest BCUT2D eigenvalue weighted by atomic mass is 32.2. The van der Waals surface area contributed by atoms with Crippen LogP contribution in [-0.4, -0.2) is 5.75 Å². The summed E-state index contributed by atoms with van der Waals surface area (Å²) in [4.78, 5) is 0. The van der Waals surface area contributed by atoms with E-state index in [9.17, 15) is 0 Å². The van der Waals surface area contributed by atoms with Crippen molar-refractivity contribution in [2.45, 2.75) is 0 Å². The van der Waals surface area contributed by atoms with Gasteiger partial charge in [-0.3, -0.25) is 0 Å². The van der Waals surface area contributed by atoms with Crippen LogP contribution in [0.3, 0.4) is 0 Å². The first-order chi connectivity index (χ1) is 3.00. The van der Waals surface area contributed by atoms with Gasteiger partial charge in [0.1, 0.15) is 0 Å². The first-order valence-electron chi connectivity index (χ1n) is 1.75. The molecule has 0 bridgehead atoms. The summed E-state index contributed by atoms with van der Waals surface area (Å²) in [5.41, 5.74) is 0. The van der Waals surface area contributed by atoms with Crippen molar-refractivity contribution in [2.75, 3.05) is 5.75 Å². The van der Waals surface area contributed by atoms with Gasteiger partial charge in [0.2, 0.25) is 0 Å². The average Bonchev–Trinajstić information content (AvgIpc) is 1.72. The van der Waals surface area contributed by atoms with Gasteiger partial charge in [-0.25, -0.2) is 0 Å². The molecule has 1 aliphatic heterocycles. The molecule has 0 fully saturated rings. The van der Waals surface area contributed by atoms with E-state index in [0.29, 0.717) is 0 Å². The summed E-state index contributed by atoms with van der Waals surface area (Å²) in [5, 5.41) is 2.01. The first kappa shape index (κ1) is 3.83. The van der Waals surface area contributed by atoms with Crippen LogP contribution in [0.1, 0.15) is 0 Å². The fraction of sp³-hybridized carbons (Fsp3) is 0.200. The quantitative estimate of drug-likeness (QED) is 0.409. The van der Waals surface area contributed by atoms with Crippen LogP contribution < -0.4 is 0 Å². The summed E-state index contributed by atoms with van der Waals surface area (Å²) >= 11 is 1.74. The van der Waals surface area contributed by atoms with Gasteiger partial charge in [0.05, 0.1) is 5.75 Å². The van der Waals surface area contributed by atoms with E-state index >= 15 is 0 Å². The molecule has 0 spiro atoms. The lowest BCUT2D eigenvalue weighted by Crippen LogP contribution is -1.68. The van der Waals surface area contributed by atoms with Crippen molar-refractivity contribution in [2.24, 2.45) is 0 Å². The molecule has 1 heterocycles. The van der Waals surface area contributed by atoms with Crippen LogP contribution in [0.4, 0.5) is 0 Å². The predicted octanol–water partition coefficient (Wildman–Crippen LogP) is 1.25. The number of thioether (sulfide) groups is 1. The third-order valence-corrected chi connectivity index (χ3v) is 1.14. The van der Waals surface area contributed by atoms with Crippen molar-refractivity contribution in [1.82, 2.24) is 0 Å². The summed E-state index contributed by atoms with van der Waals surface area (Å²) in [6, 6.07) is 0. The van der Waals surface area contributed by atoms with E-state index < -0.39 is 0 Å². The Labute approximate surface area is 41.6 Å². The second kappa shape index (κ2) is 1.94. The lowest BCUT2D eigenvalue weighted by atomic mass is 10.6. The van der Waals surface area contributed by atoms with E-state index in [1.165, 1.54) is 0 Å².